The van der Waals surface area contributed by atoms with Crippen LogP contribution in [-0.4, -0.2) is 17.3 Å². The lowest BCUT2D eigenvalue weighted by Gasteiger charge is -2.38. The Balaban J connectivity index is 2.32. The van der Waals surface area contributed by atoms with E-state index in [4.69, 9.17) is 22.9 Å². The SMILES string of the molecule is C[Si](C)(C)[N+]1=P(c2ccccc2)(c2ccccc2)c2ccccc2[B-]1(Cl)Cl. The molecule has 0 unspecified atom stereocenters. The van der Waals surface area contributed by atoms with Crippen molar-refractivity contribution in [1.29, 1.82) is 0 Å². The molecule has 0 saturated heterocycles. The fraction of sp³-hybridized carbons (Fsp3) is 0.143. The first-order chi connectivity index (χ1) is 12.8. The van der Waals surface area contributed by atoms with Gasteiger partial charge >= 0.3 is 5.11 Å². The summed E-state index contributed by atoms with van der Waals surface area (Å²) in [7, 11) is -4.05. The number of fused-ring (bicyclic) bond motifs is 1. The van der Waals surface area contributed by atoms with E-state index in [1.807, 2.05) is 0 Å². The van der Waals surface area contributed by atoms with Crippen molar-refractivity contribution in [3.05, 3.63) is 84.9 Å². The van der Waals surface area contributed by atoms with E-state index in [9.17, 15) is 0 Å². The van der Waals surface area contributed by atoms with Gasteiger partial charge in [0.15, 0.2) is 0 Å². The lowest BCUT2D eigenvalue weighted by Crippen LogP contribution is -2.55. The van der Waals surface area contributed by atoms with Crippen molar-refractivity contribution in [1.82, 2.24) is 0 Å². The van der Waals surface area contributed by atoms with Crippen LogP contribution in [0.1, 0.15) is 0 Å². The Morgan fingerprint density at radius 1 is 0.704 bits per heavy atom. The Bertz CT molecular complexity index is 1000. The highest BCUT2D eigenvalue weighted by molar-refractivity contribution is 7.88. The number of hydrogen-bond acceptors (Lipinski definition) is 0. The molecule has 1 nitrogen and oxygen atoms in total. The highest BCUT2D eigenvalue weighted by atomic mass is 35.5. The van der Waals surface area contributed by atoms with Crippen LogP contribution < -0.4 is 21.4 Å². The fourth-order valence-corrected chi connectivity index (χ4v) is 17.5. The molecule has 0 fully saturated rings. The predicted molar refractivity (Wildman–Crippen MR) is 126 cm³/mol. The van der Waals surface area contributed by atoms with Crippen LogP contribution in [0.25, 0.3) is 0 Å². The summed E-state index contributed by atoms with van der Waals surface area (Å²) in [6.07, 6.45) is 0. The fourth-order valence-electron chi connectivity index (χ4n) is 4.44. The van der Waals surface area contributed by atoms with E-state index in [-0.39, 0.29) is 0 Å². The van der Waals surface area contributed by atoms with Crippen molar-refractivity contribution in [2.24, 2.45) is 0 Å². The van der Waals surface area contributed by atoms with E-state index in [0.717, 1.165) is 5.46 Å². The molecule has 27 heavy (non-hydrogen) atoms. The number of hydrogen-bond donors (Lipinski definition) is 0. The highest BCUT2D eigenvalue weighted by Crippen LogP contribution is 2.53. The third-order valence-corrected chi connectivity index (χ3v) is 15.3. The van der Waals surface area contributed by atoms with Crippen LogP contribution in [0.15, 0.2) is 84.9 Å². The quantitative estimate of drug-likeness (QED) is 0.421. The van der Waals surface area contributed by atoms with Crippen molar-refractivity contribution in [3.63, 3.8) is 0 Å². The highest BCUT2D eigenvalue weighted by Gasteiger charge is 2.55. The maximum atomic E-state index is 7.25. The molecule has 3 aromatic carbocycles. The minimum atomic E-state index is -2.14. The zero-order chi connectivity index (χ0) is 19.3. The second kappa shape index (κ2) is 6.67. The maximum Gasteiger partial charge on any atom is 0.446 e. The first kappa shape index (κ1) is 19.1. The Morgan fingerprint density at radius 3 is 1.63 bits per heavy atom. The zero-order valence-corrected chi connectivity index (χ0v) is 19.2. The molecule has 0 amide bonds. The first-order valence-electron chi connectivity index (χ1n) is 9.23. The third-order valence-electron chi connectivity index (χ3n) is 5.24. The van der Waals surface area contributed by atoms with Crippen molar-refractivity contribution < 1.29 is 3.90 Å². The van der Waals surface area contributed by atoms with Crippen LogP contribution in [0.3, 0.4) is 0 Å². The van der Waals surface area contributed by atoms with Gasteiger partial charge in [-0.05, 0) is 43.9 Å². The monoisotopic (exact) mass is 429 g/mol. The molecule has 4 rings (SSSR count). The molecule has 0 spiro atoms. The van der Waals surface area contributed by atoms with Crippen molar-refractivity contribution >= 4 is 64.7 Å². The van der Waals surface area contributed by atoms with Crippen LogP contribution in [0.2, 0.25) is 19.6 Å². The number of benzene rings is 3. The van der Waals surface area contributed by atoms with E-state index >= 15 is 0 Å². The second-order valence-corrected chi connectivity index (χ2v) is 17.9. The molecule has 1 aliphatic heterocycles. The Kier molecular flexibility index (Phi) is 4.72. The van der Waals surface area contributed by atoms with Crippen LogP contribution in [0.4, 0.5) is 0 Å². The summed E-state index contributed by atoms with van der Waals surface area (Å²) >= 11 is 14.5. The number of halogens is 2. The van der Waals surface area contributed by atoms with Gasteiger partial charge < -0.3 is 3.90 Å². The third kappa shape index (κ3) is 2.79. The van der Waals surface area contributed by atoms with Gasteiger partial charge in [0, 0.05) is 15.9 Å². The average molecular weight is 430 g/mol. The van der Waals surface area contributed by atoms with Crippen molar-refractivity contribution in [2.75, 3.05) is 0 Å². The summed E-state index contributed by atoms with van der Waals surface area (Å²) in [6, 6.07) is 30.2. The van der Waals surface area contributed by atoms with Gasteiger partial charge in [0.25, 0.3) is 8.24 Å². The van der Waals surface area contributed by atoms with E-state index < -0.39 is 20.4 Å². The minimum Gasteiger partial charge on any atom is -0.519 e. The number of nitrogens with zero attached hydrogens (tertiary/aromatic N) is 1. The molecule has 1 heterocycles. The van der Waals surface area contributed by atoms with E-state index in [2.05, 4.69) is 108 Å². The van der Waals surface area contributed by atoms with Gasteiger partial charge in [0.2, 0.25) is 0 Å². The molecule has 138 valence electrons. The van der Waals surface area contributed by atoms with Gasteiger partial charge in [0.05, 0.1) is 0 Å². The molecular weight excluding hydrogens is 407 g/mol. The standard InChI is InChI=1S/C21H23BCl2NPSi/c1-27(2,3)25-22(23,24)20-16-10-11-17-21(20)26(25,18-12-6-4-7-13-18)19-14-8-5-9-15-19/h4-17H,1-3H3. The largest absolute Gasteiger partial charge is 0.519 e. The molecule has 0 atom stereocenters. The van der Waals surface area contributed by atoms with Crippen LogP contribution in [-0.2, 0) is 0 Å². The topological polar surface area (TPSA) is 3.01 Å². The Hall–Kier alpha value is -1.25. The Morgan fingerprint density at radius 2 is 1.15 bits per heavy atom. The van der Waals surface area contributed by atoms with Gasteiger partial charge in [-0.1, -0.05) is 66.1 Å². The molecule has 0 radical (unpaired) electrons. The summed E-state index contributed by atoms with van der Waals surface area (Å²) in [4.78, 5) is 0. The summed E-state index contributed by atoms with van der Waals surface area (Å²) < 4.78 is 2.55. The van der Waals surface area contributed by atoms with E-state index in [1.54, 1.807) is 0 Å². The summed E-state index contributed by atoms with van der Waals surface area (Å²) in [5.74, 6) is 0. The van der Waals surface area contributed by atoms with E-state index in [0.29, 0.717) is 0 Å². The van der Waals surface area contributed by atoms with Crippen molar-refractivity contribution in [3.8, 4) is 0 Å². The summed E-state index contributed by atoms with van der Waals surface area (Å²) in [5.41, 5.74) is 1.09. The van der Waals surface area contributed by atoms with Gasteiger partial charge in [-0.15, -0.1) is 0 Å². The average Bonchev–Trinajstić information content (AvgIpc) is 2.88. The van der Waals surface area contributed by atoms with Crippen LogP contribution in [0.5, 0.6) is 0 Å². The molecule has 1 aliphatic rings. The second-order valence-electron chi connectivity index (χ2n) is 8.01. The van der Waals surface area contributed by atoms with Crippen LogP contribution >= 0.6 is 30.0 Å². The maximum absolute atomic E-state index is 7.25. The molecular formula is C21H23BCl2NPSi. The van der Waals surface area contributed by atoms with Gasteiger partial charge in [0.1, 0.15) is 7.05 Å². The first-order valence-corrected chi connectivity index (χ1v) is 15.3. The van der Waals surface area contributed by atoms with Crippen molar-refractivity contribution in [2.45, 2.75) is 19.6 Å². The molecule has 0 aliphatic carbocycles. The molecule has 0 aromatic heterocycles. The summed E-state index contributed by atoms with van der Waals surface area (Å²) in [6.45, 7) is 7.04. The molecule has 0 bridgehead atoms. The lowest BCUT2D eigenvalue weighted by molar-refractivity contribution is -0.205. The lowest BCUT2D eigenvalue weighted by atomic mass is 9.81. The Labute approximate surface area is 172 Å². The minimum absolute atomic E-state index is 1.09. The normalized spacial score (nSPS) is 17.6. The van der Waals surface area contributed by atoms with Gasteiger partial charge in [-0.3, -0.25) is 22.9 Å². The van der Waals surface area contributed by atoms with Gasteiger partial charge in [-0.25, -0.2) is 0 Å². The molecule has 0 saturated carbocycles. The van der Waals surface area contributed by atoms with Crippen LogP contribution in [0, 0.1) is 0 Å². The molecule has 6 heteroatoms. The predicted octanol–water partition coefficient (Wildman–Crippen LogP) is 4.65. The summed E-state index contributed by atoms with van der Waals surface area (Å²) in [5, 5.41) is 2.08. The molecule has 0 N–H and O–H groups in total. The smallest absolute Gasteiger partial charge is 0.446 e. The zero-order valence-electron chi connectivity index (χ0n) is 15.8. The van der Waals surface area contributed by atoms with Gasteiger partial charge in [-0.2, -0.15) is 0 Å². The molecule has 3 aromatic rings. The number of rotatable bonds is 3. The van der Waals surface area contributed by atoms with E-state index in [1.165, 1.54) is 15.9 Å².